The van der Waals surface area contributed by atoms with E-state index >= 15 is 0 Å². The normalized spacial score (nSPS) is 17.6. The molecule has 1 N–H and O–H groups in total. The molecule has 138 valence electrons. The first-order valence-electron chi connectivity index (χ1n) is 8.50. The van der Waals surface area contributed by atoms with Gasteiger partial charge in [0.15, 0.2) is 0 Å². The van der Waals surface area contributed by atoms with Gasteiger partial charge in [-0.05, 0) is 11.5 Å². The number of benzene rings is 1. The van der Waals surface area contributed by atoms with Crippen molar-refractivity contribution in [3.8, 4) is 11.5 Å². The summed E-state index contributed by atoms with van der Waals surface area (Å²) in [6, 6.07) is 5.25. The molecule has 6 nitrogen and oxygen atoms in total. The molecule has 1 aliphatic heterocycles. The van der Waals surface area contributed by atoms with E-state index in [2.05, 4.69) is 26.1 Å². The molecule has 1 heterocycles. The van der Waals surface area contributed by atoms with E-state index in [1.807, 2.05) is 11.0 Å². The van der Waals surface area contributed by atoms with Crippen LogP contribution >= 0.6 is 0 Å². The molecule has 2 amide bonds. The summed E-state index contributed by atoms with van der Waals surface area (Å²) in [5, 5.41) is 2.97. The summed E-state index contributed by atoms with van der Waals surface area (Å²) >= 11 is 0. The van der Waals surface area contributed by atoms with Crippen molar-refractivity contribution in [2.75, 3.05) is 27.3 Å². The van der Waals surface area contributed by atoms with Crippen molar-refractivity contribution in [3.05, 3.63) is 23.8 Å². The maximum absolute atomic E-state index is 12.4. The maximum Gasteiger partial charge on any atom is 0.224 e. The third kappa shape index (κ3) is 5.37. The Morgan fingerprint density at radius 1 is 1.28 bits per heavy atom. The second-order valence-electron chi connectivity index (χ2n) is 7.66. The number of hydrogen-bond acceptors (Lipinski definition) is 4. The lowest BCUT2D eigenvalue weighted by Crippen LogP contribution is -2.39. The summed E-state index contributed by atoms with van der Waals surface area (Å²) in [5.41, 5.74) is 0.835. The van der Waals surface area contributed by atoms with E-state index in [1.54, 1.807) is 26.4 Å². The molecule has 1 fully saturated rings. The van der Waals surface area contributed by atoms with E-state index in [0.29, 0.717) is 31.0 Å². The lowest BCUT2D eigenvalue weighted by Gasteiger charge is -2.26. The standard InChI is InChI=1S/C19H28N2O4/c1-19(2,3)12-21-11-14(9-18(21)23)20-17(22)8-13-6-7-15(24-4)10-16(13)25-5/h6-7,10,14H,8-9,11-12H2,1-5H3,(H,20,22). The molecule has 0 aliphatic carbocycles. The summed E-state index contributed by atoms with van der Waals surface area (Å²) in [4.78, 5) is 26.3. The molecule has 0 saturated carbocycles. The zero-order valence-electron chi connectivity index (χ0n) is 15.7. The number of likely N-dealkylation sites (tertiary alicyclic amines) is 1. The number of nitrogens with zero attached hydrogens (tertiary/aromatic N) is 1. The van der Waals surface area contributed by atoms with Gasteiger partial charge < -0.3 is 19.7 Å². The summed E-state index contributed by atoms with van der Waals surface area (Å²) in [5.74, 6) is 1.28. The van der Waals surface area contributed by atoms with E-state index in [-0.39, 0.29) is 29.7 Å². The molecule has 1 saturated heterocycles. The van der Waals surface area contributed by atoms with E-state index in [0.717, 1.165) is 5.56 Å². The lowest BCUT2D eigenvalue weighted by atomic mass is 9.96. The first kappa shape index (κ1) is 19.1. The molecule has 2 rings (SSSR count). The highest BCUT2D eigenvalue weighted by atomic mass is 16.5. The molecule has 25 heavy (non-hydrogen) atoms. The number of carbonyl (C=O) groups is 2. The smallest absolute Gasteiger partial charge is 0.224 e. The van der Waals surface area contributed by atoms with Crippen LogP contribution in [0.2, 0.25) is 0 Å². The van der Waals surface area contributed by atoms with Gasteiger partial charge in [-0.15, -0.1) is 0 Å². The third-order valence-electron chi connectivity index (χ3n) is 4.09. The second-order valence-corrected chi connectivity index (χ2v) is 7.66. The molecule has 1 aromatic carbocycles. The number of nitrogens with one attached hydrogen (secondary N) is 1. The first-order valence-corrected chi connectivity index (χ1v) is 8.50. The Hall–Kier alpha value is -2.24. The van der Waals surface area contributed by atoms with Gasteiger partial charge in [0.05, 0.1) is 26.7 Å². The van der Waals surface area contributed by atoms with Crippen LogP contribution < -0.4 is 14.8 Å². The van der Waals surface area contributed by atoms with Crippen molar-refractivity contribution < 1.29 is 19.1 Å². The molecule has 0 radical (unpaired) electrons. The second kappa shape index (κ2) is 7.76. The van der Waals surface area contributed by atoms with Gasteiger partial charge in [-0.25, -0.2) is 0 Å². The molecule has 0 spiro atoms. The highest BCUT2D eigenvalue weighted by molar-refractivity contribution is 5.83. The quantitative estimate of drug-likeness (QED) is 0.854. The molecular weight excluding hydrogens is 320 g/mol. The number of amides is 2. The van der Waals surface area contributed by atoms with Crippen LogP contribution in [0.25, 0.3) is 0 Å². The first-order chi connectivity index (χ1) is 11.7. The van der Waals surface area contributed by atoms with Gasteiger partial charge in [0.1, 0.15) is 11.5 Å². The predicted octanol–water partition coefficient (Wildman–Crippen LogP) is 2.01. The fourth-order valence-corrected chi connectivity index (χ4v) is 3.04. The average molecular weight is 348 g/mol. The fourth-order valence-electron chi connectivity index (χ4n) is 3.04. The van der Waals surface area contributed by atoms with Crippen LogP contribution in [-0.2, 0) is 16.0 Å². The topological polar surface area (TPSA) is 67.9 Å². The Kier molecular flexibility index (Phi) is 5.93. The van der Waals surface area contributed by atoms with Crippen LogP contribution in [0, 0.1) is 5.41 Å². The molecule has 0 aromatic heterocycles. The molecule has 1 aromatic rings. The summed E-state index contributed by atoms with van der Waals surface area (Å²) in [6.45, 7) is 7.57. The minimum Gasteiger partial charge on any atom is -0.497 e. The molecular formula is C19H28N2O4. The Balaban J connectivity index is 1.94. The average Bonchev–Trinajstić information content (AvgIpc) is 2.84. The number of carbonyl (C=O) groups excluding carboxylic acids is 2. The van der Waals surface area contributed by atoms with Crippen molar-refractivity contribution in [3.63, 3.8) is 0 Å². The largest absolute Gasteiger partial charge is 0.497 e. The van der Waals surface area contributed by atoms with Crippen LogP contribution in [-0.4, -0.2) is 50.1 Å². The van der Waals surface area contributed by atoms with Crippen molar-refractivity contribution >= 4 is 11.8 Å². The van der Waals surface area contributed by atoms with Crippen LogP contribution in [0.1, 0.15) is 32.8 Å². The van der Waals surface area contributed by atoms with Crippen LogP contribution in [0.4, 0.5) is 0 Å². The number of rotatable bonds is 6. The van der Waals surface area contributed by atoms with Gasteiger partial charge >= 0.3 is 0 Å². The SMILES string of the molecule is COc1ccc(CC(=O)NC2CC(=O)N(CC(C)(C)C)C2)c(OC)c1. The molecule has 1 atom stereocenters. The molecule has 1 unspecified atom stereocenters. The van der Waals surface area contributed by atoms with Crippen LogP contribution in [0.5, 0.6) is 11.5 Å². The van der Waals surface area contributed by atoms with Gasteiger partial charge in [0.2, 0.25) is 11.8 Å². The van der Waals surface area contributed by atoms with Gasteiger partial charge in [0, 0.05) is 31.1 Å². The van der Waals surface area contributed by atoms with Crippen molar-refractivity contribution in [1.82, 2.24) is 10.2 Å². The highest BCUT2D eigenvalue weighted by Crippen LogP contribution is 2.25. The minimum atomic E-state index is -0.133. The van der Waals surface area contributed by atoms with Gasteiger partial charge in [0.25, 0.3) is 0 Å². The van der Waals surface area contributed by atoms with E-state index in [9.17, 15) is 9.59 Å². The number of ether oxygens (including phenoxy) is 2. The fraction of sp³-hybridized carbons (Fsp3) is 0.579. The Morgan fingerprint density at radius 2 is 2.00 bits per heavy atom. The van der Waals surface area contributed by atoms with Gasteiger partial charge in [-0.1, -0.05) is 26.8 Å². The summed E-state index contributed by atoms with van der Waals surface area (Å²) in [6.07, 6.45) is 0.568. The third-order valence-corrected chi connectivity index (χ3v) is 4.09. The zero-order chi connectivity index (χ0) is 18.6. The number of hydrogen-bond donors (Lipinski definition) is 1. The molecule has 6 heteroatoms. The Morgan fingerprint density at radius 3 is 2.60 bits per heavy atom. The highest BCUT2D eigenvalue weighted by Gasteiger charge is 2.32. The van der Waals surface area contributed by atoms with Crippen LogP contribution in [0.3, 0.4) is 0 Å². The van der Waals surface area contributed by atoms with Gasteiger partial charge in [-0.2, -0.15) is 0 Å². The van der Waals surface area contributed by atoms with E-state index in [1.165, 1.54) is 0 Å². The molecule has 1 aliphatic rings. The predicted molar refractivity (Wildman–Crippen MR) is 95.8 cm³/mol. The Labute approximate surface area is 149 Å². The summed E-state index contributed by atoms with van der Waals surface area (Å²) in [7, 11) is 3.15. The van der Waals surface area contributed by atoms with Gasteiger partial charge in [-0.3, -0.25) is 9.59 Å². The van der Waals surface area contributed by atoms with Crippen molar-refractivity contribution in [1.29, 1.82) is 0 Å². The van der Waals surface area contributed by atoms with Crippen LogP contribution in [0.15, 0.2) is 18.2 Å². The van der Waals surface area contributed by atoms with E-state index < -0.39 is 0 Å². The number of methoxy groups -OCH3 is 2. The zero-order valence-corrected chi connectivity index (χ0v) is 15.7. The molecule has 0 bridgehead atoms. The monoisotopic (exact) mass is 348 g/mol. The minimum absolute atomic E-state index is 0.0466. The van der Waals surface area contributed by atoms with Crippen molar-refractivity contribution in [2.24, 2.45) is 5.41 Å². The summed E-state index contributed by atoms with van der Waals surface area (Å²) < 4.78 is 10.5. The Bertz CT molecular complexity index is 637. The van der Waals surface area contributed by atoms with E-state index in [4.69, 9.17) is 9.47 Å². The lowest BCUT2D eigenvalue weighted by molar-refractivity contribution is -0.128. The van der Waals surface area contributed by atoms with Crippen molar-refractivity contribution in [2.45, 2.75) is 39.7 Å². The maximum atomic E-state index is 12.4.